The summed E-state index contributed by atoms with van der Waals surface area (Å²) in [5.41, 5.74) is 1.56. The van der Waals surface area contributed by atoms with E-state index in [4.69, 9.17) is 11.6 Å². The van der Waals surface area contributed by atoms with Crippen LogP contribution in [0.4, 0.5) is 5.69 Å². The fourth-order valence-corrected chi connectivity index (χ4v) is 3.17. The number of benzene rings is 1. The number of anilines is 1. The molecule has 1 aromatic carbocycles. The molecule has 1 amide bonds. The first-order valence-corrected chi connectivity index (χ1v) is 7.60. The van der Waals surface area contributed by atoms with Crippen molar-refractivity contribution in [2.45, 2.75) is 33.1 Å². The van der Waals surface area contributed by atoms with Crippen LogP contribution in [0, 0.1) is 24.7 Å². The Morgan fingerprint density at radius 1 is 1.33 bits per heavy atom. The standard InChI is InChI=1S/C16H20ClNO3/c1-3-10-6-12(13(7-10)16(20)21)15(19)18-14-8-11(17)5-4-9(14)2/h4-5,8,10,12-13H,3,6-7H2,1-2H3,(H,18,19)(H,20,21). The van der Waals surface area contributed by atoms with Gasteiger partial charge in [-0.25, -0.2) is 0 Å². The van der Waals surface area contributed by atoms with Crippen LogP contribution in [0.5, 0.6) is 0 Å². The van der Waals surface area contributed by atoms with Crippen molar-refractivity contribution in [1.29, 1.82) is 0 Å². The van der Waals surface area contributed by atoms with Gasteiger partial charge < -0.3 is 10.4 Å². The molecule has 0 heterocycles. The quantitative estimate of drug-likeness (QED) is 0.890. The van der Waals surface area contributed by atoms with Gasteiger partial charge in [-0.2, -0.15) is 0 Å². The molecule has 0 aliphatic heterocycles. The molecule has 2 rings (SSSR count). The number of amides is 1. The maximum absolute atomic E-state index is 12.4. The number of carboxylic acid groups (broad SMARTS) is 1. The van der Waals surface area contributed by atoms with Gasteiger partial charge in [-0.3, -0.25) is 9.59 Å². The molecule has 0 saturated heterocycles. The van der Waals surface area contributed by atoms with Crippen LogP contribution in [0.25, 0.3) is 0 Å². The average molecular weight is 310 g/mol. The van der Waals surface area contributed by atoms with Gasteiger partial charge >= 0.3 is 5.97 Å². The molecule has 0 radical (unpaired) electrons. The molecule has 5 heteroatoms. The SMILES string of the molecule is CCC1CC(C(=O)O)C(C(=O)Nc2cc(Cl)ccc2C)C1. The van der Waals surface area contributed by atoms with E-state index in [1.165, 1.54) is 0 Å². The Labute approximate surface area is 129 Å². The van der Waals surface area contributed by atoms with Crippen LogP contribution >= 0.6 is 11.6 Å². The lowest BCUT2D eigenvalue weighted by atomic mass is 9.95. The van der Waals surface area contributed by atoms with E-state index in [1.54, 1.807) is 12.1 Å². The first kappa shape index (κ1) is 15.8. The summed E-state index contributed by atoms with van der Waals surface area (Å²) in [6.45, 7) is 3.91. The summed E-state index contributed by atoms with van der Waals surface area (Å²) >= 11 is 5.94. The number of aryl methyl sites for hydroxylation is 1. The summed E-state index contributed by atoms with van der Waals surface area (Å²) in [7, 11) is 0. The summed E-state index contributed by atoms with van der Waals surface area (Å²) in [5.74, 6) is -1.85. The Morgan fingerprint density at radius 2 is 2.00 bits per heavy atom. The molecule has 1 fully saturated rings. The van der Waals surface area contributed by atoms with Gasteiger partial charge in [0.2, 0.25) is 5.91 Å². The van der Waals surface area contributed by atoms with Gasteiger partial charge in [0.25, 0.3) is 0 Å². The second kappa shape index (κ2) is 6.48. The minimum Gasteiger partial charge on any atom is -0.481 e. The van der Waals surface area contributed by atoms with Gasteiger partial charge in [-0.05, 0) is 43.4 Å². The van der Waals surface area contributed by atoms with Gasteiger partial charge in [0.05, 0.1) is 11.8 Å². The number of hydrogen-bond donors (Lipinski definition) is 2. The summed E-state index contributed by atoms with van der Waals surface area (Å²) in [6.07, 6.45) is 2.13. The largest absolute Gasteiger partial charge is 0.481 e. The molecule has 1 aliphatic carbocycles. The molecule has 0 aromatic heterocycles. The number of carbonyl (C=O) groups is 2. The maximum Gasteiger partial charge on any atom is 0.307 e. The van der Waals surface area contributed by atoms with Gasteiger partial charge in [0.15, 0.2) is 0 Å². The number of aliphatic carboxylic acids is 1. The van der Waals surface area contributed by atoms with E-state index in [-0.39, 0.29) is 5.91 Å². The van der Waals surface area contributed by atoms with E-state index in [1.807, 2.05) is 19.9 Å². The average Bonchev–Trinajstić information content (AvgIpc) is 2.87. The zero-order valence-electron chi connectivity index (χ0n) is 12.2. The summed E-state index contributed by atoms with van der Waals surface area (Å²) < 4.78 is 0. The van der Waals surface area contributed by atoms with E-state index in [9.17, 15) is 14.7 Å². The van der Waals surface area contributed by atoms with Crippen LogP contribution in [0.2, 0.25) is 5.02 Å². The molecule has 4 nitrogen and oxygen atoms in total. The molecule has 1 aromatic rings. The van der Waals surface area contributed by atoms with Crippen molar-refractivity contribution in [3.8, 4) is 0 Å². The monoisotopic (exact) mass is 309 g/mol. The highest BCUT2D eigenvalue weighted by Gasteiger charge is 2.42. The van der Waals surface area contributed by atoms with Crippen LogP contribution < -0.4 is 5.32 Å². The Balaban J connectivity index is 2.15. The molecule has 3 unspecified atom stereocenters. The summed E-state index contributed by atoms with van der Waals surface area (Å²) in [4.78, 5) is 23.8. The van der Waals surface area contributed by atoms with Crippen molar-refractivity contribution in [1.82, 2.24) is 0 Å². The lowest BCUT2D eigenvalue weighted by Crippen LogP contribution is -2.30. The molecule has 0 bridgehead atoms. The Kier molecular flexibility index (Phi) is 4.88. The molecule has 1 aliphatic rings. The third-order valence-corrected chi connectivity index (χ3v) is 4.58. The Bertz CT molecular complexity index is 558. The summed E-state index contributed by atoms with van der Waals surface area (Å²) in [5, 5.41) is 12.7. The van der Waals surface area contributed by atoms with E-state index < -0.39 is 17.8 Å². The second-order valence-electron chi connectivity index (χ2n) is 5.75. The molecule has 21 heavy (non-hydrogen) atoms. The third-order valence-electron chi connectivity index (χ3n) is 4.35. The normalized spacial score (nSPS) is 24.8. The smallest absolute Gasteiger partial charge is 0.307 e. The van der Waals surface area contributed by atoms with Crippen molar-refractivity contribution < 1.29 is 14.7 Å². The van der Waals surface area contributed by atoms with Crippen molar-refractivity contribution in [3.63, 3.8) is 0 Å². The fourth-order valence-electron chi connectivity index (χ4n) is 2.99. The zero-order chi connectivity index (χ0) is 15.6. The predicted octanol–water partition coefficient (Wildman–Crippen LogP) is 3.72. The highest BCUT2D eigenvalue weighted by atomic mass is 35.5. The van der Waals surface area contributed by atoms with Crippen LogP contribution in [0.15, 0.2) is 18.2 Å². The van der Waals surface area contributed by atoms with E-state index >= 15 is 0 Å². The van der Waals surface area contributed by atoms with Crippen LogP contribution in [0.3, 0.4) is 0 Å². The Morgan fingerprint density at radius 3 is 2.62 bits per heavy atom. The molecule has 3 atom stereocenters. The number of hydrogen-bond acceptors (Lipinski definition) is 2. The Hall–Kier alpha value is -1.55. The van der Waals surface area contributed by atoms with Crippen LogP contribution in [-0.2, 0) is 9.59 Å². The van der Waals surface area contributed by atoms with Crippen molar-refractivity contribution in [2.75, 3.05) is 5.32 Å². The molecule has 0 spiro atoms. The molecular weight excluding hydrogens is 290 g/mol. The first-order chi connectivity index (χ1) is 9.92. The molecule has 2 N–H and O–H groups in total. The second-order valence-corrected chi connectivity index (χ2v) is 6.18. The van der Waals surface area contributed by atoms with Crippen LogP contribution in [-0.4, -0.2) is 17.0 Å². The highest BCUT2D eigenvalue weighted by molar-refractivity contribution is 6.31. The van der Waals surface area contributed by atoms with Gasteiger partial charge in [0.1, 0.15) is 0 Å². The highest BCUT2D eigenvalue weighted by Crippen LogP contribution is 2.39. The molecule has 114 valence electrons. The van der Waals surface area contributed by atoms with Crippen LogP contribution in [0.1, 0.15) is 31.7 Å². The van der Waals surface area contributed by atoms with E-state index in [2.05, 4.69) is 5.32 Å². The van der Waals surface area contributed by atoms with Gasteiger partial charge in [-0.1, -0.05) is 31.0 Å². The lowest BCUT2D eigenvalue weighted by molar-refractivity contribution is -0.145. The predicted molar refractivity (Wildman–Crippen MR) is 82.4 cm³/mol. The van der Waals surface area contributed by atoms with E-state index in [0.29, 0.717) is 29.5 Å². The molecular formula is C16H20ClNO3. The van der Waals surface area contributed by atoms with E-state index in [0.717, 1.165) is 12.0 Å². The zero-order valence-corrected chi connectivity index (χ0v) is 13.0. The summed E-state index contributed by atoms with van der Waals surface area (Å²) in [6, 6.07) is 5.28. The van der Waals surface area contributed by atoms with Gasteiger partial charge in [-0.15, -0.1) is 0 Å². The van der Waals surface area contributed by atoms with Crippen molar-refractivity contribution in [3.05, 3.63) is 28.8 Å². The topological polar surface area (TPSA) is 66.4 Å². The number of carbonyl (C=O) groups excluding carboxylic acids is 1. The minimum absolute atomic E-state index is 0.219. The molecule has 1 saturated carbocycles. The lowest BCUT2D eigenvalue weighted by Gasteiger charge is -2.16. The fraction of sp³-hybridized carbons (Fsp3) is 0.500. The van der Waals surface area contributed by atoms with Gasteiger partial charge in [0, 0.05) is 10.7 Å². The van der Waals surface area contributed by atoms with Crippen molar-refractivity contribution in [2.24, 2.45) is 17.8 Å². The first-order valence-electron chi connectivity index (χ1n) is 7.22. The maximum atomic E-state index is 12.4. The number of carboxylic acids is 1. The third kappa shape index (κ3) is 3.56. The number of rotatable bonds is 4. The van der Waals surface area contributed by atoms with Crippen molar-refractivity contribution >= 4 is 29.2 Å². The number of nitrogens with one attached hydrogen (secondary N) is 1. The minimum atomic E-state index is -0.881. The number of halogens is 1.